The molecule has 126 valence electrons. The molecule has 0 aliphatic carbocycles. The van der Waals surface area contributed by atoms with Gasteiger partial charge in [-0.15, -0.1) is 0 Å². The fourth-order valence-electron chi connectivity index (χ4n) is 2.98. The van der Waals surface area contributed by atoms with Crippen molar-refractivity contribution >= 4 is 11.9 Å². The lowest BCUT2D eigenvalue weighted by Crippen LogP contribution is -2.50. The van der Waals surface area contributed by atoms with Gasteiger partial charge in [-0.3, -0.25) is 9.59 Å². The van der Waals surface area contributed by atoms with Crippen LogP contribution in [0.5, 0.6) is 0 Å². The molecule has 2 rings (SSSR count). The summed E-state index contributed by atoms with van der Waals surface area (Å²) in [5.41, 5.74) is 0.0383. The maximum Gasteiger partial charge on any atom is 0.305 e. The predicted molar refractivity (Wildman–Crippen MR) is 82.4 cm³/mol. The minimum absolute atomic E-state index is 0.0287. The molecule has 1 fully saturated rings. The van der Waals surface area contributed by atoms with Crippen molar-refractivity contribution in [3.8, 4) is 0 Å². The van der Waals surface area contributed by atoms with Crippen LogP contribution in [-0.4, -0.2) is 35.7 Å². The molecule has 0 saturated carbocycles. The van der Waals surface area contributed by atoms with Crippen molar-refractivity contribution in [3.05, 3.63) is 35.6 Å². The molecule has 6 heteroatoms. The fourth-order valence-corrected chi connectivity index (χ4v) is 2.98. The van der Waals surface area contributed by atoms with Crippen molar-refractivity contribution in [2.24, 2.45) is 5.92 Å². The Bertz CT molecular complexity index is 569. The summed E-state index contributed by atoms with van der Waals surface area (Å²) in [6, 6.07) is 6.32. The summed E-state index contributed by atoms with van der Waals surface area (Å²) in [4.78, 5) is 23.2. The Balaban J connectivity index is 1.89. The molecule has 0 aromatic heterocycles. The summed E-state index contributed by atoms with van der Waals surface area (Å²) >= 11 is 0. The minimum Gasteiger partial charge on any atom is -0.481 e. The molecule has 1 heterocycles. The van der Waals surface area contributed by atoms with Crippen LogP contribution in [0.2, 0.25) is 0 Å². The van der Waals surface area contributed by atoms with Crippen LogP contribution in [0.25, 0.3) is 0 Å². The number of carboxylic acids is 1. The molecule has 0 radical (unpaired) electrons. The van der Waals surface area contributed by atoms with Crippen LogP contribution >= 0.6 is 0 Å². The van der Waals surface area contributed by atoms with E-state index in [1.165, 1.54) is 12.1 Å². The second-order valence-corrected chi connectivity index (χ2v) is 6.34. The number of halogens is 1. The maximum absolute atomic E-state index is 13.2. The molecule has 1 aliphatic rings. The first-order valence-corrected chi connectivity index (χ1v) is 7.73. The molecule has 2 N–H and O–H groups in total. The van der Waals surface area contributed by atoms with Gasteiger partial charge in [0.1, 0.15) is 5.82 Å². The van der Waals surface area contributed by atoms with E-state index in [2.05, 4.69) is 5.32 Å². The molecule has 1 aromatic carbocycles. The molecule has 1 amide bonds. The smallest absolute Gasteiger partial charge is 0.305 e. The van der Waals surface area contributed by atoms with Crippen LogP contribution < -0.4 is 5.32 Å². The maximum atomic E-state index is 13.2. The highest BCUT2D eigenvalue weighted by molar-refractivity contribution is 5.78. The van der Waals surface area contributed by atoms with Gasteiger partial charge in [-0.05, 0) is 36.5 Å². The van der Waals surface area contributed by atoms with Crippen molar-refractivity contribution in [2.45, 2.75) is 38.1 Å². The van der Waals surface area contributed by atoms with Gasteiger partial charge in [0.15, 0.2) is 0 Å². The molecule has 1 aliphatic heterocycles. The van der Waals surface area contributed by atoms with Gasteiger partial charge in [0, 0.05) is 13.0 Å². The highest BCUT2D eigenvalue weighted by atomic mass is 19.1. The molecule has 5 nitrogen and oxygen atoms in total. The van der Waals surface area contributed by atoms with Gasteiger partial charge in [-0.1, -0.05) is 19.1 Å². The molecule has 1 saturated heterocycles. The summed E-state index contributed by atoms with van der Waals surface area (Å²) in [5, 5.41) is 11.8. The first-order chi connectivity index (χ1) is 10.9. The highest BCUT2D eigenvalue weighted by Crippen LogP contribution is 2.23. The summed E-state index contributed by atoms with van der Waals surface area (Å²) in [7, 11) is 0. The molecule has 0 spiro atoms. The second-order valence-electron chi connectivity index (χ2n) is 6.34. The molecule has 23 heavy (non-hydrogen) atoms. The number of carbonyl (C=O) groups excluding carboxylic acids is 1. The summed E-state index contributed by atoms with van der Waals surface area (Å²) in [5.74, 6) is -1.41. The standard InChI is InChI=1S/C17H22FNO4/c1-12(7-13-3-2-4-14(18)9-13)8-15(20)19-17(10-16(21)22)5-6-23-11-17/h2-4,9,12H,5-8,10-11H2,1H3,(H,19,20)(H,21,22). The second kappa shape index (κ2) is 7.55. The number of benzene rings is 1. The number of rotatable bonds is 7. The van der Waals surface area contributed by atoms with Crippen LogP contribution in [0.1, 0.15) is 31.7 Å². The Labute approximate surface area is 134 Å². The monoisotopic (exact) mass is 323 g/mol. The van der Waals surface area contributed by atoms with E-state index in [4.69, 9.17) is 9.84 Å². The van der Waals surface area contributed by atoms with Crippen LogP contribution in [-0.2, 0) is 20.7 Å². The summed E-state index contributed by atoms with van der Waals surface area (Å²) in [6.45, 7) is 2.59. The Morgan fingerprint density at radius 3 is 2.87 bits per heavy atom. The zero-order valence-electron chi connectivity index (χ0n) is 13.2. The first-order valence-electron chi connectivity index (χ1n) is 7.73. The quantitative estimate of drug-likeness (QED) is 0.806. The molecular weight excluding hydrogens is 301 g/mol. The van der Waals surface area contributed by atoms with Gasteiger partial charge in [0.2, 0.25) is 5.91 Å². The lowest BCUT2D eigenvalue weighted by molar-refractivity contribution is -0.139. The van der Waals surface area contributed by atoms with Crippen LogP contribution in [0.4, 0.5) is 4.39 Å². The fraction of sp³-hybridized carbons (Fsp3) is 0.529. The van der Waals surface area contributed by atoms with E-state index in [9.17, 15) is 14.0 Å². The van der Waals surface area contributed by atoms with Crippen LogP contribution in [0.3, 0.4) is 0 Å². The van der Waals surface area contributed by atoms with Gasteiger partial charge in [0.05, 0.1) is 18.6 Å². The Kier molecular flexibility index (Phi) is 5.71. The first kappa shape index (κ1) is 17.4. The van der Waals surface area contributed by atoms with E-state index < -0.39 is 11.5 Å². The lowest BCUT2D eigenvalue weighted by atomic mass is 9.92. The zero-order valence-corrected chi connectivity index (χ0v) is 13.2. The van der Waals surface area contributed by atoms with Crippen molar-refractivity contribution < 1.29 is 23.8 Å². The van der Waals surface area contributed by atoms with E-state index in [1.54, 1.807) is 6.07 Å². The number of nitrogens with one attached hydrogen (secondary N) is 1. The third kappa shape index (κ3) is 5.32. The highest BCUT2D eigenvalue weighted by Gasteiger charge is 2.38. The third-order valence-corrected chi connectivity index (χ3v) is 4.00. The molecule has 0 bridgehead atoms. The van der Waals surface area contributed by atoms with Crippen LogP contribution in [0, 0.1) is 11.7 Å². The Morgan fingerprint density at radius 1 is 1.48 bits per heavy atom. The average molecular weight is 323 g/mol. The number of hydrogen-bond donors (Lipinski definition) is 2. The molecule has 1 aromatic rings. The largest absolute Gasteiger partial charge is 0.481 e. The third-order valence-electron chi connectivity index (χ3n) is 4.00. The van der Waals surface area contributed by atoms with Gasteiger partial charge in [0.25, 0.3) is 0 Å². The number of hydrogen-bond acceptors (Lipinski definition) is 3. The van der Waals surface area contributed by atoms with E-state index >= 15 is 0 Å². The molecule has 2 unspecified atom stereocenters. The van der Waals surface area contributed by atoms with Crippen molar-refractivity contribution in [2.75, 3.05) is 13.2 Å². The Hall–Kier alpha value is -1.95. The Morgan fingerprint density at radius 2 is 2.26 bits per heavy atom. The van der Waals surface area contributed by atoms with Gasteiger partial charge >= 0.3 is 5.97 Å². The normalized spacial score (nSPS) is 21.8. The molecule has 2 atom stereocenters. The lowest BCUT2D eigenvalue weighted by Gasteiger charge is -2.27. The van der Waals surface area contributed by atoms with Crippen molar-refractivity contribution in [1.29, 1.82) is 0 Å². The van der Waals surface area contributed by atoms with E-state index in [1.807, 2.05) is 13.0 Å². The van der Waals surface area contributed by atoms with Crippen molar-refractivity contribution in [1.82, 2.24) is 5.32 Å². The summed E-state index contributed by atoms with van der Waals surface area (Å²) in [6.07, 6.45) is 1.21. The minimum atomic E-state index is -0.955. The topological polar surface area (TPSA) is 75.6 Å². The van der Waals surface area contributed by atoms with Gasteiger partial charge < -0.3 is 15.2 Å². The number of carbonyl (C=O) groups is 2. The van der Waals surface area contributed by atoms with Gasteiger partial charge in [-0.2, -0.15) is 0 Å². The van der Waals surface area contributed by atoms with Crippen LogP contribution in [0.15, 0.2) is 24.3 Å². The molecular formula is C17H22FNO4. The van der Waals surface area contributed by atoms with E-state index in [0.717, 1.165) is 5.56 Å². The number of ether oxygens (including phenoxy) is 1. The summed E-state index contributed by atoms with van der Waals surface area (Å²) < 4.78 is 18.4. The SMILES string of the molecule is CC(CC(=O)NC1(CC(=O)O)CCOC1)Cc1cccc(F)c1. The van der Waals surface area contributed by atoms with Crippen molar-refractivity contribution in [3.63, 3.8) is 0 Å². The predicted octanol–water partition coefficient (Wildman–Crippen LogP) is 2.14. The van der Waals surface area contributed by atoms with Gasteiger partial charge in [-0.25, -0.2) is 4.39 Å². The zero-order chi connectivity index (χ0) is 16.9. The van der Waals surface area contributed by atoms with E-state index in [0.29, 0.717) is 19.4 Å². The number of amides is 1. The number of carboxylic acid groups (broad SMARTS) is 1. The van der Waals surface area contributed by atoms with E-state index in [-0.39, 0.29) is 37.1 Å². The number of aliphatic carboxylic acids is 1. The average Bonchev–Trinajstić information content (AvgIpc) is 2.85.